The second kappa shape index (κ2) is 4.73. The van der Waals surface area contributed by atoms with Gasteiger partial charge in [-0.1, -0.05) is 0 Å². The molecule has 7 heteroatoms. The van der Waals surface area contributed by atoms with Crippen molar-refractivity contribution in [3.8, 4) is 0 Å². The SMILES string of the molecule is O=C1O[C@]2(CC[C@H](C(=O)O)CC2)CN1c1cnccn1. The molecular weight excluding hydrogens is 262 g/mol. The predicted molar refractivity (Wildman–Crippen MR) is 68.2 cm³/mol. The number of rotatable bonds is 2. The second-order valence-corrected chi connectivity index (χ2v) is 5.31. The molecule has 1 aliphatic carbocycles. The Morgan fingerprint density at radius 1 is 1.40 bits per heavy atom. The summed E-state index contributed by atoms with van der Waals surface area (Å²) in [6.07, 6.45) is 6.38. The van der Waals surface area contributed by atoms with Crippen molar-refractivity contribution < 1.29 is 19.4 Å². The van der Waals surface area contributed by atoms with Gasteiger partial charge in [-0.2, -0.15) is 0 Å². The summed E-state index contributed by atoms with van der Waals surface area (Å²) >= 11 is 0. The van der Waals surface area contributed by atoms with Crippen LogP contribution in [0.15, 0.2) is 18.6 Å². The van der Waals surface area contributed by atoms with Gasteiger partial charge < -0.3 is 9.84 Å². The topological polar surface area (TPSA) is 92.6 Å². The molecule has 1 aromatic heterocycles. The number of carboxylic acid groups (broad SMARTS) is 1. The van der Waals surface area contributed by atoms with Gasteiger partial charge in [0.15, 0.2) is 5.82 Å². The quantitative estimate of drug-likeness (QED) is 0.879. The zero-order valence-electron chi connectivity index (χ0n) is 10.9. The van der Waals surface area contributed by atoms with E-state index < -0.39 is 17.7 Å². The number of anilines is 1. The molecule has 1 saturated heterocycles. The number of ether oxygens (including phenoxy) is 1. The normalized spacial score (nSPS) is 29.5. The van der Waals surface area contributed by atoms with E-state index in [9.17, 15) is 9.59 Å². The number of amides is 1. The Hall–Kier alpha value is -2.18. The number of hydrogen-bond acceptors (Lipinski definition) is 5. The van der Waals surface area contributed by atoms with Gasteiger partial charge >= 0.3 is 12.1 Å². The van der Waals surface area contributed by atoms with Crippen molar-refractivity contribution in [3.05, 3.63) is 18.6 Å². The molecule has 7 nitrogen and oxygen atoms in total. The molecule has 3 rings (SSSR count). The summed E-state index contributed by atoms with van der Waals surface area (Å²) in [6, 6.07) is 0. The Morgan fingerprint density at radius 3 is 2.75 bits per heavy atom. The number of nitrogens with zero attached hydrogens (tertiary/aromatic N) is 3. The van der Waals surface area contributed by atoms with Gasteiger partial charge in [0, 0.05) is 12.4 Å². The van der Waals surface area contributed by atoms with Crippen LogP contribution in [0.2, 0.25) is 0 Å². The van der Waals surface area contributed by atoms with E-state index >= 15 is 0 Å². The summed E-state index contributed by atoms with van der Waals surface area (Å²) < 4.78 is 5.51. The van der Waals surface area contributed by atoms with E-state index in [0.717, 1.165) is 0 Å². The molecular formula is C13H15N3O4. The maximum absolute atomic E-state index is 12.0. The predicted octanol–water partition coefficient (Wildman–Crippen LogP) is 1.45. The molecule has 1 saturated carbocycles. The van der Waals surface area contributed by atoms with Crippen LogP contribution < -0.4 is 4.90 Å². The van der Waals surface area contributed by atoms with Gasteiger partial charge in [0.05, 0.1) is 18.7 Å². The van der Waals surface area contributed by atoms with Crippen LogP contribution in [0.25, 0.3) is 0 Å². The van der Waals surface area contributed by atoms with E-state index in [2.05, 4.69) is 9.97 Å². The Labute approximate surface area is 115 Å². The first-order chi connectivity index (χ1) is 9.60. The van der Waals surface area contributed by atoms with Gasteiger partial charge in [0.2, 0.25) is 0 Å². The zero-order valence-corrected chi connectivity index (χ0v) is 10.9. The van der Waals surface area contributed by atoms with Crippen LogP contribution in [0.5, 0.6) is 0 Å². The monoisotopic (exact) mass is 277 g/mol. The molecule has 1 spiro atoms. The van der Waals surface area contributed by atoms with Crippen molar-refractivity contribution >= 4 is 17.9 Å². The van der Waals surface area contributed by atoms with Gasteiger partial charge in [0.25, 0.3) is 0 Å². The van der Waals surface area contributed by atoms with Gasteiger partial charge in [0.1, 0.15) is 5.60 Å². The smallest absolute Gasteiger partial charge is 0.416 e. The van der Waals surface area contributed by atoms with E-state index in [0.29, 0.717) is 38.0 Å². The van der Waals surface area contributed by atoms with Crippen molar-refractivity contribution in [2.75, 3.05) is 11.4 Å². The summed E-state index contributed by atoms with van der Waals surface area (Å²) in [6.45, 7) is 0.414. The van der Waals surface area contributed by atoms with E-state index in [1.165, 1.54) is 17.3 Å². The standard InChI is InChI=1S/C13H15N3O4/c17-11(18)9-1-3-13(4-2-9)8-16(12(19)20-13)10-7-14-5-6-15-10/h5-7,9H,1-4,8H2,(H,17,18)/t9-,13-. The highest BCUT2D eigenvalue weighted by Crippen LogP contribution is 2.40. The van der Waals surface area contributed by atoms with Gasteiger partial charge in [-0.05, 0) is 25.7 Å². The Morgan fingerprint density at radius 2 is 2.15 bits per heavy atom. The third-order valence-corrected chi connectivity index (χ3v) is 4.04. The van der Waals surface area contributed by atoms with Crippen LogP contribution in [0.4, 0.5) is 10.6 Å². The first-order valence-corrected chi connectivity index (χ1v) is 6.59. The fraction of sp³-hybridized carbons (Fsp3) is 0.538. The third kappa shape index (κ3) is 2.19. The molecule has 0 bridgehead atoms. The van der Waals surface area contributed by atoms with Gasteiger partial charge in [-0.3, -0.25) is 14.7 Å². The highest BCUT2D eigenvalue weighted by atomic mass is 16.6. The number of carboxylic acids is 1. The molecule has 1 aromatic rings. The molecule has 20 heavy (non-hydrogen) atoms. The molecule has 1 aliphatic heterocycles. The highest BCUT2D eigenvalue weighted by molar-refractivity contribution is 5.89. The molecule has 2 heterocycles. The average molecular weight is 277 g/mol. The lowest BCUT2D eigenvalue weighted by atomic mass is 9.79. The van der Waals surface area contributed by atoms with E-state index in [4.69, 9.17) is 9.84 Å². The van der Waals surface area contributed by atoms with Crippen LogP contribution in [0.1, 0.15) is 25.7 Å². The number of aromatic nitrogens is 2. The van der Waals surface area contributed by atoms with Crippen molar-refractivity contribution in [1.82, 2.24) is 9.97 Å². The van der Waals surface area contributed by atoms with E-state index in [1.807, 2.05) is 0 Å². The first kappa shape index (κ1) is 12.8. The minimum absolute atomic E-state index is 0.329. The Bertz CT molecular complexity index is 526. The summed E-state index contributed by atoms with van der Waals surface area (Å²) in [5.41, 5.74) is -0.569. The average Bonchev–Trinajstić information content (AvgIpc) is 2.77. The summed E-state index contributed by atoms with van der Waals surface area (Å²) in [7, 11) is 0. The summed E-state index contributed by atoms with van der Waals surface area (Å²) in [4.78, 5) is 32.5. The van der Waals surface area contributed by atoms with Crippen LogP contribution in [-0.2, 0) is 9.53 Å². The number of hydrogen-bond donors (Lipinski definition) is 1. The zero-order chi connectivity index (χ0) is 14.2. The number of carbonyl (C=O) groups excluding carboxylic acids is 1. The van der Waals surface area contributed by atoms with Crippen molar-refractivity contribution in [1.29, 1.82) is 0 Å². The first-order valence-electron chi connectivity index (χ1n) is 6.59. The lowest BCUT2D eigenvalue weighted by Crippen LogP contribution is -2.40. The van der Waals surface area contributed by atoms with Crippen molar-refractivity contribution in [3.63, 3.8) is 0 Å². The second-order valence-electron chi connectivity index (χ2n) is 5.31. The lowest BCUT2D eigenvalue weighted by molar-refractivity contribution is -0.144. The van der Waals surface area contributed by atoms with Crippen LogP contribution in [0.3, 0.4) is 0 Å². The molecule has 0 radical (unpaired) electrons. The minimum Gasteiger partial charge on any atom is -0.481 e. The van der Waals surface area contributed by atoms with E-state index in [1.54, 1.807) is 6.20 Å². The van der Waals surface area contributed by atoms with E-state index in [-0.39, 0.29) is 5.92 Å². The molecule has 0 atom stereocenters. The molecule has 1 N–H and O–H groups in total. The fourth-order valence-corrected chi connectivity index (χ4v) is 2.88. The molecule has 0 unspecified atom stereocenters. The largest absolute Gasteiger partial charge is 0.481 e. The molecule has 106 valence electrons. The summed E-state index contributed by atoms with van der Waals surface area (Å²) in [5, 5.41) is 9.02. The third-order valence-electron chi connectivity index (χ3n) is 4.04. The Kier molecular flexibility index (Phi) is 3.04. The van der Waals surface area contributed by atoms with Gasteiger partial charge in [-0.25, -0.2) is 9.78 Å². The lowest BCUT2D eigenvalue weighted by Gasteiger charge is -2.33. The maximum Gasteiger partial charge on any atom is 0.416 e. The fourth-order valence-electron chi connectivity index (χ4n) is 2.88. The number of carbonyl (C=O) groups is 2. The van der Waals surface area contributed by atoms with Crippen molar-refractivity contribution in [2.45, 2.75) is 31.3 Å². The van der Waals surface area contributed by atoms with Crippen LogP contribution >= 0.6 is 0 Å². The van der Waals surface area contributed by atoms with Crippen LogP contribution in [-0.4, -0.2) is 39.3 Å². The summed E-state index contributed by atoms with van der Waals surface area (Å²) in [5.74, 6) is -0.630. The minimum atomic E-state index is -0.769. The van der Waals surface area contributed by atoms with Crippen molar-refractivity contribution in [2.24, 2.45) is 5.92 Å². The molecule has 2 aliphatic rings. The molecule has 0 aromatic carbocycles. The molecule has 2 fully saturated rings. The number of aliphatic carboxylic acids is 1. The highest BCUT2D eigenvalue weighted by Gasteiger charge is 2.48. The molecule has 1 amide bonds. The van der Waals surface area contributed by atoms with Crippen LogP contribution in [0, 0.1) is 5.92 Å². The maximum atomic E-state index is 12.0. The Balaban J connectivity index is 1.73. The van der Waals surface area contributed by atoms with Gasteiger partial charge in [-0.15, -0.1) is 0 Å².